The third-order valence-electron chi connectivity index (χ3n) is 4.19. The summed E-state index contributed by atoms with van der Waals surface area (Å²) in [6.07, 6.45) is 4.82. The van der Waals surface area contributed by atoms with E-state index in [0.717, 1.165) is 12.8 Å². The van der Waals surface area contributed by atoms with E-state index in [9.17, 15) is 8.42 Å². The summed E-state index contributed by atoms with van der Waals surface area (Å²) in [6, 6.07) is 0. The lowest BCUT2D eigenvalue weighted by Crippen LogP contribution is -2.44. The lowest BCUT2D eigenvalue weighted by molar-refractivity contribution is 0.117. The molecule has 2 unspecified atom stereocenters. The minimum atomic E-state index is -2.93. The molecule has 1 saturated heterocycles. The van der Waals surface area contributed by atoms with E-state index < -0.39 is 10.0 Å². The molecule has 4 aliphatic rings. The molecule has 0 amide bonds. The van der Waals surface area contributed by atoms with Gasteiger partial charge in [-0.2, -0.15) is 0 Å². The van der Waals surface area contributed by atoms with E-state index in [-0.39, 0.29) is 5.25 Å². The first-order valence-corrected chi connectivity index (χ1v) is 6.71. The lowest BCUT2D eigenvalue weighted by atomic mass is 9.64. The van der Waals surface area contributed by atoms with Crippen molar-refractivity contribution in [1.82, 2.24) is 4.72 Å². The second-order valence-corrected chi connectivity index (χ2v) is 6.62. The average molecular weight is 201 g/mol. The third kappa shape index (κ3) is 1.02. The Balaban J connectivity index is 2.02. The van der Waals surface area contributed by atoms with Crippen molar-refractivity contribution in [2.75, 3.05) is 6.54 Å². The van der Waals surface area contributed by atoms with Crippen LogP contribution in [0.2, 0.25) is 0 Å². The largest absolute Gasteiger partial charge is 0.215 e. The maximum atomic E-state index is 11.7. The van der Waals surface area contributed by atoms with Gasteiger partial charge in [-0.25, -0.2) is 13.1 Å². The fourth-order valence-corrected chi connectivity index (χ4v) is 5.77. The Morgan fingerprint density at radius 2 is 1.62 bits per heavy atom. The van der Waals surface area contributed by atoms with Gasteiger partial charge in [0.1, 0.15) is 0 Å². The van der Waals surface area contributed by atoms with Crippen LogP contribution < -0.4 is 4.72 Å². The SMILES string of the molecule is O=S1(=O)NCC2C3CCC(CC3)C21. The standard InChI is InChI=1S/C9H15NO2S/c11-13(12)9-7-3-1-6(2-4-7)8(9)5-10-13/h6-10H,1-5H2. The molecule has 3 nitrogen and oxygen atoms in total. The van der Waals surface area contributed by atoms with Crippen molar-refractivity contribution in [2.45, 2.75) is 30.9 Å². The van der Waals surface area contributed by atoms with Crippen molar-refractivity contribution in [3.8, 4) is 0 Å². The fourth-order valence-electron chi connectivity index (χ4n) is 3.59. The molecule has 2 bridgehead atoms. The molecule has 4 rings (SSSR count). The van der Waals surface area contributed by atoms with E-state index in [0.29, 0.717) is 24.3 Å². The fraction of sp³-hybridized carbons (Fsp3) is 1.00. The zero-order valence-corrected chi connectivity index (χ0v) is 8.39. The van der Waals surface area contributed by atoms with Crippen LogP contribution in [0, 0.1) is 17.8 Å². The lowest BCUT2D eigenvalue weighted by Gasteiger charge is -2.43. The number of hydrogen-bond donors (Lipinski definition) is 1. The molecule has 4 fully saturated rings. The van der Waals surface area contributed by atoms with Crippen molar-refractivity contribution in [1.29, 1.82) is 0 Å². The third-order valence-corrected chi connectivity index (χ3v) is 6.21. The molecule has 3 saturated carbocycles. The quantitative estimate of drug-likeness (QED) is 0.628. The Kier molecular flexibility index (Phi) is 1.57. The Hall–Kier alpha value is -0.0900. The Morgan fingerprint density at radius 1 is 1.00 bits per heavy atom. The maximum Gasteiger partial charge on any atom is 0.215 e. The zero-order valence-electron chi connectivity index (χ0n) is 7.57. The number of fused-ring (bicyclic) bond motifs is 2. The summed E-state index contributed by atoms with van der Waals surface area (Å²) < 4.78 is 26.1. The van der Waals surface area contributed by atoms with Gasteiger partial charge in [-0.1, -0.05) is 0 Å². The molecule has 13 heavy (non-hydrogen) atoms. The summed E-state index contributed by atoms with van der Waals surface area (Å²) in [4.78, 5) is 0. The van der Waals surface area contributed by atoms with Crippen LogP contribution >= 0.6 is 0 Å². The van der Waals surface area contributed by atoms with Crippen LogP contribution in [0.3, 0.4) is 0 Å². The van der Waals surface area contributed by atoms with E-state index >= 15 is 0 Å². The molecule has 74 valence electrons. The molecule has 3 aliphatic carbocycles. The van der Waals surface area contributed by atoms with Gasteiger partial charge in [-0.3, -0.25) is 0 Å². The van der Waals surface area contributed by atoms with Crippen molar-refractivity contribution < 1.29 is 8.42 Å². The Labute approximate surface area is 79.0 Å². The highest BCUT2D eigenvalue weighted by Gasteiger charge is 2.53. The molecule has 1 N–H and O–H groups in total. The number of rotatable bonds is 0. The Morgan fingerprint density at radius 3 is 2.23 bits per heavy atom. The highest BCUT2D eigenvalue weighted by molar-refractivity contribution is 7.90. The smallest absolute Gasteiger partial charge is 0.215 e. The van der Waals surface area contributed by atoms with Crippen LogP contribution in [0.15, 0.2) is 0 Å². The molecule has 1 heterocycles. The van der Waals surface area contributed by atoms with Gasteiger partial charge in [-0.15, -0.1) is 0 Å². The highest BCUT2D eigenvalue weighted by atomic mass is 32.2. The number of nitrogens with one attached hydrogen (secondary N) is 1. The molecule has 0 radical (unpaired) electrons. The molecule has 2 atom stereocenters. The molecule has 0 aromatic carbocycles. The summed E-state index contributed by atoms with van der Waals surface area (Å²) in [6.45, 7) is 0.716. The van der Waals surface area contributed by atoms with E-state index in [1.54, 1.807) is 0 Å². The molecule has 4 heteroatoms. The second kappa shape index (κ2) is 2.48. The van der Waals surface area contributed by atoms with Crippen LogP contribution in [-0.2, 0) is 10.0 Å². The molecule has 0 aromatic heterocycles. The summed E-state index contributed by atoms with van der Waals surface area (Å²) in [5.74, 6) is 1.60. The first kappa shape index (κ1) is 8.24. The first-order chi connectivity index (χ1) is 6.18. The van der Waals surface area contributed by atoms with Crippen LogP contribution in [0.4, 0.5) is 0 Å². The Bertz CT molecular complexity index is 317. The summed E-state index contributed by atoms with van der Waals surface area (Å²) in [7, 11) is -2.93. The van der Waals surface area contributed by atoms with E-state index in [2.05, 4.69) is 4.72 Å². The van der Waals surface area contributed by atoms with Gasteiger partial charge in [0.25, 0.3) is 0 Å². The zero-order chi connectivity index (χ0) is 9.05. The molecular formula is C9H15NO2S. The van der Waals surface area contributed by atoms with Gasteiger partial charge in [0.2, 0.25) is 10.0 Å². The van der Waals surface area contributed by atoms with Gasteiger partial charge in [0.05, 0.1) is 5.25 Å². The number of sulfonamides is 1. The van der Waals surface area contributed by atoms with Crippen molar-refractivity contribution in [2.24, 2.45) is 17.8 Å². The minimum Gasteiger partial charge on any atom is -0.215 e. The van der Waals surface area contributed by atoms with Crippen LogP contribution in [0.1, 0.15) is 25.7 Å². The normalized spacial score (nSPS) is 52.0. The van der Waals surface area contributed by atoms with E-state index in [1.807, 2.05) is 0 Å². The topological polar surface area (TPSA) is 46.2 Å². The van der Waals surface area contributed by atoms with Gasteiger partial charge in [0, 0.05) is 6.54 Å². The monoisotopic (exact) mass is 201 g/mol. The van der Waals surface area contributed by atoms with E-state index in [4.69, 9.17) is 0 Å². The second-order valence-electron chi connectivity index (χ2n) is 4.70. The van der Waals surface area contributed by atoms with Crippen LogP contribution in [0.25, 0.3) is 0 Å². The van der Waals surface area contributed by atoms with Gasteiger partial charge < -0.3 is 0 Å². The summed E-state index contributed by atoms with van der Waals surface area (Å²) >= 11 is 0. The summed E-state index contributed by atoms with van der Waals surface area (Å²) in [5.41, 5.74) is 0. The van der Waals surface area contributed by atoms with Crippen molar-refractivity contribution >= 4 is 10.0 Å². The highest BCUT2D eigenvalue weighted by Crippen LogP contribution is 2.49. The van der Waals surface area contributed by atoms with Crippen molar-refractivity contribution in [3.63, 3.8) is 0 Å². The molecule has 0 spiro atoms. The predicted octanol–water partition coefficient (Wildman–Crippen LogP) is 0.724. The summed E-state index contributed by atoms with van der Waals surface area (Å²) in [5, 5.41) is -0.0278. The van der Waals surface area contributed by atoms with Crippen LogP contribution in [-0.4, -0.2) is 20.2 Å². The first-order valence-electron chi connectivity index (χ1n) is 5.17. The minimum absolute atomic E-state index is 0.0278. The van der Waals surface area contributed by atoms with Crippen molar-refractivity contribution in [3.05, 3.63) is 0 Å². The van der Waals surface area contributed by atoms with Gasteiger partial charge in [0.15, 0.2) is 0 Å². The number of hydrogen-bond acceptors (Lipinski definition) is 2. The van der Waals surface area contributed by atoms with Gasteiger partial charge >= 0.3 is 0 Å². The van der Waals surface area contributed by atoms with Gasteiger partial charge in [-0.05, 0) is 43.4 Å². The predicted molar refractivity (Wildman–Crippen MR) is 49.6 cm³/mol. The molecule has 0 aromatic rings. The van der Waals surface area contributed by atoms with E-state index in [1.165, 1.54) is 12.8 Å². The molecular weight excluding hydrogens is 186 g/mol. The van der Waals surface area contributed by atoms with Crippen LogP contribution in [0.5, 0.6) is 0 Å². The average Bonchev–Trinajstić information content (AvgIpc) is 2.47. The molecule has 1 aliphatic heterocycles. The maximum absolute atomic E-state index is 11.7.